The van der Waals surface area contributed by atoms with Gasteiger partial charge < -0.3 is 10.6 Å². The van der Waals surface area contributed by atoms with Crippen LogP contribution in [0.15, 0.2) is 42.5 Å². The predicted octanol–water partition coefficient (Wildman–Crippen LogP) is 3.67. The van der Waals surface area contributed by atoms with E-state index in [1.54, 1.807) is 0 Å². The smallest absolute Gasteiger partial charge is 0.255 e. The fourth-order valence-corrected chi connectivity index (χ4v) is 2.34. The van der Waals surface area contributed by atoms with E-state index in [4.69, 9.17) is 0 Å². The van der Waals surface area contributed by atoms with E-state index in [-0.39, 0.29) is 5.91 Å². The van der Waals surface area contributed by atoms with Gasteiger partial charge in [-0.2, -0.15) is 0 Å². The average Bonchev–Trinajstić information content (AvgIpc) is 2.44. The van der Waals surface area contributed by atoms with Gasteiger partial charge in [-0.1, -0.05) is 36.2 Å². The van der Waals surface area contributed by atoms with Crippen molar-refractivity contribution in [2.45, 2.75) is 27.3 Å². The molecular weight excluding hydrogens is 260 g/mol. The van der Waals surface area contributed by atoms with Gasteiger partial charge in [0.2, 0.25) is 0 Å². The van der Waals surface area contributed by atoms with Gasteiger partial charge in [0.25, 0.3) is 5.91 Å². The SMILES string of the molecule is CCNCc1cccc(NC(=O)c2cc(C)cc(C)c2)c1. The topological polar surface area (TPSA) is 41.1 Å². The first-order valence-electron chi connectivity index (χ1n) is 7.28. The number of anilines is 1. The summed E-state index contributed by atoms with van der Waals surface area (Å²) in [6.45, 7) is 7.82. The lowest BCUT2D eigenvalue weighted by Gasteiger charge is -2.09. The number of hydrogen-bond acceptors (Lipinski definition) is 2. The minimum Gasteiger partial charge on any atom is -0.322 e. The second kappa shape index (κ2) is 7.04. The van der Waals surface area contributed by atoms with E-state index in [1.165, 1.54) is 0 Å². The van der Waals surface area contributed by atoms with Crippen molar-refractivity contribution in [3.05, 3.63) is 64.7 Å². The summed E-state index contributed by atoms with van der Waals surface area (Å²) in [5.74, 6) is -0.0672. The van der Waals surface area contributed by atoms with Crippen molar-refractivity contribution in [1.82, 2.24) is 5.32 Å². The Hall–Kier alpha value is -2.13. The molecule has 0 saturated carbocycles. The van der Waals surface area contributed by atoms with Crippen molar-refractivity contribution in [2.75, 3.05) is 11.9 Å². The van der Waals surface area contributed by atoms with E-state index in [1.807, 2.05) is 44.2 Å². The molecule has 0 radical (unpaired) electrons. The second-order valence-electron chi connectivity index (χ2n) is 5.31. The molecule has 2 rings (SSSR count). The molecular formula is C18H22N2O. The zero-order valence-electron chi connectivity index (χ0n) is 12.9. The molecule has 0 aliphatic heterocycles. The van der Waals surface area contributed by atoms with Gasteiger partial charge in [-0.3, -0.25) is 4.79 Å². The summed E-state index contributed by atoms with van der Waals surface area (Å²) in [6, 6.07) is 13.8. The first-order chi connectivity index (χ1) is 10.1. The van der Waals surface area contributed by atoms with Gasteiger partial charge in [-0.05, 0) is 50.2 Å². The van der Waals surface area contributed by atoms with Gasteiger partial charge in [-0.25, -0.2) is 0 Å². The Labute approximate surface area is 126 Å². The lowest BCUT2D eigenvalue weighted by atomic mass is 10.1. The molecule has 1 amide bonds. The first-order valence-corrected chi connectivity index (χ1v) is 7.28. The number of carbonyl (C=O) groups excluding carboxylic acids is 1. The van der Waals surface area contributed by atoms with E-state index in [9.17, 15) is 4.79 Å². The molecule has 2 N–H and O–H groups in total. The van der Waals surface area contributed by atoms with Gasteiger partial charge >= 0.3 is 0 Å². The highest BCUT2D eigenvalue weighted by Gasteiger charge is 2.07. The van der Waals surface area contributed by atoms with Crippen LogP contribution in [0.2, 0.25) is 0 Å². The molecule has 0 heterocycles. The van der Waals surface area contributed by atoms with Crippen LogP contribution in [-0.2, 0) is 6.54 Å². The normalized spacial score (nSPS) is 10.4. The molecule has 2 aromatic carbocycles. The van der Waals surface area contributed by atoms with Crippen LogP contribution in [-0.4, -0.2) is 12.5 Å². The maximum Gasteiger partial charge on any atom is 0.255 e. The summed E-state index contributed by atoms with van der Waals surface area (Å²) in [4.78, 5) is 12.3. The maximum absolute atomic E-state index is 12.3. The van der Waals surface area contributed by atoms with Crippen LogP contribution in [0.25, 0.3) is 0 Å². The molecule has 3 nitrogen and oxygen atoms in total. The minimum absolute atomic E-state index is 0.0672. The quantitative estimate of drug-likeness (QED) is 0.878. The van der Waals surface area contributed by atoms with E-state index in [0.29, 0.717) is 5.56 Å². The standard InChI is InChI=1S/C18H22N2O/c1-4-19-12-15-6-5-7-17(11-15)20-18(21)16-9-13(2)8-14(3)10-16/h5-11,19H,4,12H2,1-3H3,(H,20,21). The largest absolute Gasteiger partial charge is 0.322 e. The summed E-state index contributed by atoms with van der Waals surface area (Å²) in [7, 11) is 0. The van der Waals surface area contributed by atoms with E-state index in [2.05, 4.69) is 29.7 Å². The number of carbonyl (C=O) groups is 1. The van der Waals surface area contributed by atoms with Crippen LogP contribution in [0.1, 0.15) is 34.0 Å². The number of aryl methyl sites for hydroxylation is 2. The summed E-state index contributed by atoms with van der Waals surface area (Å²) < 4.78 is 0. The second-order valence-corrected chi connectivity index (χ2v) is 5.31. The molecule has 0 aliphatic rings. The monoisotopic (exact) mass is 282 g/mol. The Morgan fingerprint density at radius 2 is 1.76 bits per heavy atom. The van der Waals surface area contributed by atoms with E-state index in [0.717, 1.165) is 35.5 Å². The van der Waals surface area contributed by atoms with Crippen molar-refractivity contribution in [2.24, 2.45) is 0 Å². The van der Waals surface area contributed by atoms with Crippen LogP contribution >= 0.6 is 0 Å². The third-order valence-corrected chi connectivity index (χ3v) is 3.25. The first kappa shape index (κ1) is 15.3. The molecule has 0 aromatic heterocycles. The number of benzene rings is 2. The van der Waals surface area contributed by atoms with Crippen LogP contribution in [0.4, 0.5) is 5.69 Å². The summed E-state index contributed by atoms with van der Waals surface area (Å²) in [6.07, 6.45) is 0. The fourth-order valence-electron chi connectivity index (χ4n) is 2.34. The van der Waals surface area contributed by atoms with Crippen molar-refractivity contribution < 1.29 is 4.79 Å². The lowest BCUT2D eigenvalue weighted by molar-refractivity contribution is 0.102. The zero-order valence-corrected chi connectivity index (χ0v) is 12.9. The summed E-state index contributed by atoms with van der Waals surface area (Å²) >= 11 is 0. The number of nitrogens with one attached hydrogen (secondary N) is 2. The van der Waals surface area contributed by atoms with Gasteiger partial charge in [0.05, 0.1) is 0 Å². The van der Waals surface area contributed by atoms with Crippen molar-refractivity contribution in [1.29, 1.82) is 0 Å². The Bertz CT molecular complexity index is 615. The van der Waals surface area contributed by atoms with Crippen molar-refractivity contribution >= 4 is 11.6 Å². The number of rotatable bonds is 5. The Morgan fingerprint density at radius 3 is 2.43 bits per heavy atom. The molecule has 0 unspecified atom stereocenters. The minimum atomic E-state index is -0.0672. The summed E-state index contributed by atoms with van der Waals surface area (Å²) in [5, 5.41) is 6.24. The highest BCUT2D eigenvalue weighted by Crippen LogP contribution is 2.14. The van der Waals surface area contributed by atoms with Crippen molar-refractivity contribution in [3.63, 3.8) is 0 Å². The molecule has 0 aliphatic carbocycles. The molecule has 0 bridgehead atoms. The predicted molar refractivity (Wildman–Crippen MR) is 87.7 cm³/mol. The van der Waals surface area contributed by atoms with Crippen LogP contribution in [0.3, 0.4) is 0 Å². The Morgan fingerprint density at radius 1 is 1.05 bits per heavy atom. The van der Waals surface area contributed by atoms with Gasteiger partial charge in [-0.15, -0.1) is 0 Å². The number of amides is 1. The van der Waals surface area contributed by atoms with E-state index >= 15 is 0 Å². The molecule has 0 saturated heterocycles. The van der Waals surface area contributed by atoms with Crippen LogP contribution < -0.4 is 10.6 Å². The van der Waals surface area contributed by atoms with Crippen molar-refractivity contribution in [3.8, 4) is 0 Å². The molecule has 110 valence electrons. The highest BCUT2D eigenvalue weighted by atomic mass is 16.1. The molecule has 0 fully saturated rings. The molecule has 21 heavy (non-hydrogen) atoms. The third-order valence-electron chi connectivity index (χ3n) is 3.25. The van der Waals surface area contributed by atoms with E-state index < -0.39 is 0 Å². The third kappa shape index (κ3) is 4.43. The van der Waals surface area contributed by atoms with Gasteiger partial charge in [0.1, 0.15) is 0 Å². The number of hydrogen-bond donors (Lipinski definition) is 2. The molecule has 0 atom stereocenters. The van der Waals surface area contributed by atoms with Gasteiger partial charge in [0, 0.05) is 17.8 Å². The average molecular weight is 282 g/mol. The Kier molecular flexibility index (Phi) is 5.12. The lowest BCUT2D eigenvalue weighted by Crippen LogP contribution is -2.14. The fraction of sp³-hybridized carbons (Fsp3) is 0.278. The highest BCUT2D eigenvalue weighted by molar-refractivity contribution is 6.04. The molecule has 0 spiro atoms. The molecule has 3 heteroatoms. The van der Waals surface area contributed by atoms with Gasteiger partial charge in [0.15, 0.2) is 0 Å². The summed E-state index contributed by atoms with van der Waals surface area (Å²) in [5.41, 5.74) is 4.89. The zero-order chi connectivity index (χ0) is 15.2. The Balaban J connectivity index is 2.11. The maximum atomic E-state index is 12.3. The van der Waals surface area contributed by atoms with Crippen LogP contribution in [0.5, 0.6) is 0 Å². The molecule has 2 aromatic rings. The van der Waals surface area contributed by atoms with Crippen LogP contribution in [0, 0.1) is 13.8 Å².